The van der Waals surface area contributed by atoms with Crippen LogP contribution < -0.4 is 0 Å². The third-order valence-corrected chi connectivity index (χ3v) is 4.03. The quantitative estimate of drug-likeness (QED) is 0.861. The molecule has 114 valence electrons. The molecule has 1 aromatic heterocycles. The van der Waals surface area contributed by atoms with E-state index in [2.05, 4.69) is 4.98 Å². The Kier molecular flexibility index (Phi) is 4.68. The van der Waals surface area contributed by atoms with Gasteiger partial charge < -0.3 is 9.64 Å². The fourth-order valence-corrected chi connectivity index (χ4v) is 2.88. The van der Waals surface area contributed by atoms with Gasteiger partial charge >= 0.3 is 6.09 Å². The number of benzene rings is 1. The Balaban J connectivity index is 1.66. The molecule has 1 aliphatic rings. The molecule has 3 rings (SSSR count). The van der Waals surface area contributed by atoms with Gasteiger partial charge in [-0.2, -0.15) is 0 Å². The zero-order valence-corrected chi connectivity index (χ0v) is 12.5. The van der Waals surface area contributed by atoms with Crippen LogP contribution in [0.15, 0.2) is 54.9 Å². The van der Waals surface area contributed by atoms with E-state index in [4.69, 9.17) is 4.74 Å². The molecule has 0 saturated carbocycles. The van der Waals surface area contributed by atoms with Crippen LogP contribution in [0.4, 0.5) is 4.79 Å². The molecule has 1 saturated heterocycles. The molecule has 22 heavy (non-hydrogen) atoms. The molecule has 0 spiro atoms. The number of hydrogen-bond acceptors (Lipinski definition) is 3. The van der Waals surface area contributed by atoms with Gasteiger partial charge in [0.05, 0.1) is 6.04 Å². The van der Waals surface area contributed by atoms with Crippen LogP contribution in [0.5, 0.6) is 0 Å². The molecular formula is C18H20N2O2. The largest absolute Gasteiger partial charge is 0.445 e. The van der Waals surface area contributed by atoms with Gasteiger partial charge in [0.1, 0.15) is 6.61 Å². The van der Waals surface area contributed by atoms with Gasteiger partial charge in [-0.1, -0.05) is 30.3 Å². The summed E-state index contributed by atoms with van der Waals surface area (Å²) in [5.41, 5.74) is 2.14. The van der Waals surface area contributed by atoms with Gasteiger partial charge in [-0.15, -0.1) is 0 Å². The number of carbonyl (C=O) groups excluding carboxylic acids is 1. The van der Waals surface area contributed by atoms with Crippen molar-refractivity contribution in [3.8, 4) is 0 Å². The summed E-state index contributed by atoms with van der Waals surface area (Å²) in [5, 5.41) is 0. The van der Waals surface area contributed by atoms with Crippen molar-refractivity contribution in [1.29, 1.82) is 0 Å². The zero-order valence-electron chi connectivity index (χ0n) is 12.5. The second-order valence-corrected chi connectivity index (χ2v) is 5.53. The first-order chi connectivity index (χ1) is 10.8. The first-order valence-electron chi connectivity index (χ1n) is 7.72. The van der Waals surface area contributed by atoms with Crippen LogP contribution in [0, 0.1) is 0 Å². The van der Waals surface area contributed by atoms with Gasteiger partial charge in [-0.3, -0.25) is 4.98 Å². The van der Waals surface area contributed by atoms with Crippen molar-refractivity contribution in [2.75, 3.05) is 6.54 Å². The number of likely N-dealkylation sites (tertiary alicyclic amines) is 1. The standard InChI is InChI=1S/C18H20N2O2/c21-18(22-14-15-6-2-1-3-7-15)20-13-5-4-8-17(20)16-9-11-19-12-10-16/h1-3,6-7,9-12,17H,4-5,8,13-14H2/t17-/m1/s1. The Morgan fingerprint density at radius 3 is 2.68 bits per heavy atom. The van der Waals surface area contributed by atoms with Crippen molar-refractivity contribution in [3.63, 3.8) is 0 Å². The third kappa shape index (κ3) is 3.45. The number of amides is 1. The number of carbonyl (C=O) groups is 1. The highest BCUT2D eigenvalue weighted by Crippen LogP contribution is 2.31. The zero-order chi connectivity index (χ0) is 15.2. The summed E-state index contributed by atoms with van der Waals surface area (Å²) in [4.78, 5) is 18.3. The third-order valence-electron chi connectivity index (χ3n) is 4.03. The van der Waals surface area contributed by atoms with Crippen LogP contribution in [-0.4, -0.2) is 22.5 Å². The maximum atomic E-state index is 12.4. The maximum absolute atomic E-state index is 12.4. The lowest BCUT2D eigenvalue weighted by atomic mass is 9.96. The molecule has 0 N–H and O–H groups in total. The molecule has 0 radical (unpaired) electrons. The fourth-order valence-electron chi connectivity index (χ4n) is 2.88. The lowest BCUT2D eigenvalue weighted by molar-refractivity contribution is 0.0679. The van der Waals surface area contributed by atoms with E-state index in [0.717, 1.165) is 36.9 Å². The van der Waals surface area contributed by atoms with Gasteiger partial charge in [0.15, 0.2) is 0 Å². The topological polar surface area (TPSA) is 42.4 Å². The SMILES string of the molecule is O=C(OCc1ccccc1)N1CCCC[C@@H]1c1ccncc1. The second-order valence-electron chi connectivity index (χ2n) is 5.53. The van der Waals surface area contributed by atoms with Crippen LogP contribution in [0.25, 0.3) is 0 Å². The van der Waals surface area contributed by atoms with E-state index in [-0.39, 0.29) is 12.1 Å². The number of pyridine rings is 1. The van der Waals surface area contributed by atoms with E-state index in [0.29, 0.717) is 6.61 Å². The van der Waals surface area contributed by atoms with Crippen LogP contribution in [0.2, 0.25) is 0 Å². The van der Waals surface area contributed by atoms with Crippen molar-refractivity contribution in [3.05, 3.63) is 66.0 Å². The highest BCUT2D eigenvalue weighted by molar-refractivity contribution is 5.68. The second kappa shape index (κ2) is 7.07. The van der Waals surface area contributed by atoms with Crippen molar-refractivity contribution in [2.45, 2.75) is 31.9 Å². The first-order valence-corrected chi connectivity index (χ1v) is 7.72. The molecule has 2 aromatic rings. The lowest BCUT2D eigenvalue weighted by Crippen LogP contribution is -2.38. The van der Waals surface area contributed by atoms with Crippen molar-refractivity contribution < 1.29 is 9.53 Å². The van der Waals surface area contributed by atoms with E-state index < -0.39 is 0 Å². The molecule has 2 heterocycles. The minimum absolute atomic E-state index is 0.0972. The van der Waals surface area contributed by atoms with Gasteiger partial charge in [-0.05, 0) is 42.5 Å². The smallest absolute Gasteiger partial charge is 0.410 e. The van der Waals surface area contributed by atoms with Gasteiger partial charge in [-0.25, -0.2) is 4.79 Å². The molecular weight excluding hydrogens is 276 g/mol. The Hall–Kier alpha value is -2.36. The Labute approximate surface area is 130 Å². The number of ether oxygens (including phenoxy) is 1. The molecule has 0 bridgehead atoms. The number of nitrogens with zero attached hydrogens (tertiary/aromatic N) is 2. The highest BCUT2D eigenvalue weighted by atomic mass is 16.6. The van der Waals surface area contributed by atoms with E-state index in [1.807, 2.05) is 47.4 Å². The fraction of sp³-hybridized carbons (Fsp3) is 0.333. The van der Waals surface area contributed by atoms with Gasteiger partial charge in [0, 0.05) is 18.9 Å². The molecule has 1 amide bonds. The Morgan fingerprint density at radius 1 is 1.14 bits per heavy atom. The first kappa shape index (κ1) is 14.6. The van der Waals surface area contributed by atoms with Crippen molar-refractivity contribution >= 4 is 6.09 Å². The van der Waals surface area contributed by atoms with Crippen LogP contribution in [0.1, 0.15) is 36.4 Å². The molecule has 0 unspecified atom stereocenters. The molecule has 1 fully saturated rings. The van der Waals surface area contributed by atoms with Crippen LogP contribution in [0.3, 0.4) is 0 Å². The lowest BCUT2D eigenvalue weighted by Gasteiger charge is -2.35. The van der Waals surface area contributed by atoms with E-state index in [1.54, 1.807) is 12.4 Å². The summed E-state index contributed by atoms with van der Waals surface area (Å²) in [5.74, 6) is 0. The van der Waals surface area contributed by atoms with E-state index in [9.17, 15) is 4.79 Å². The summed E-state index contributed by atoms with van der Waals surface area (Å²) in [6.45, 7) is 1.07. The minimum atomic E-state index is -0.231. The average molecular weight is 296 g/mol. The van der Waals surface area contributed by atoms with E-state index >= 15 is 0 Å². The molecule has 0 aliphatic carbocycles. The summed E-state index contributed by atoms with van der Waals surface area (Å²) in [7, 11) is 0. The molecule has 4 heteroatoms. The van der Waals surface area contributed by atoms with Gasteiger partial charge in [0.25, 0.3) is 0 Å². The summed E-state index contributed by atoms with van der Waals surface area (Å²) in [6.07, 6.45) is 6.46. The molecule has 1 atom stereocenters. The normalized spacial score (nSPS) is 18.0. The van der Waals surface area contributed by atoms with Crippen molar-refractivity contribution in [2.24, 2.45) is 0 Å². The Morgan fingerprint density at radius 2 is 1.91 bits per heavy atom. The minimum Gasteiger partial charge on any atom is -0.445 e. The predicted molar refractivity (Wildman–Crippen MR) is 84.2 cm³/mol. The summed E-state index contributed by atoms with van der Waals surface area (Å²) in [6, 6.07) is 13.8. The molecule has 4 nitrogen and oxygen atoms in total. The molecule has 1 aliphatic heterocycles. The van der Waals surface area contributed by atoms with Gasteiger partial charge in [0.2, 0.25) is 0 Å². The summed E-state index contributed by atoms with van der Waals surface area (Å²) < 4.78 is 5.49. The number of rotatable bonds is 3. The monoisotopic (exact) mass is 296 g/mol. The van der Waals surface area contributed by atoms with E-state index in [1.165, 1.54) is 0 Å². The van der Waals surface area contributed by atoms with Crippen molar-refractivity contribution in [1.82, 2.24) is 9.88 Å². The maximum Gasteiger partial charge on any atom is 0.410 e. The average Bonchev–Trinajstić information content (AvgIpc) is 2.61. The molecule has 1 aromatic carbocycles. The number of piperidine rings is 1. The van der Waals surface area contributed by atoms with Crippen LogP contribution >= 0.6 is 0 Å². The predicted octanol–water partition coefficient (Wildman–Crippen LogP) is 3.95. The Bertz CT molecular complexity index is 601. The number of hydrogen-bond donors (Lipinski definition) is 0. The highest BCUT2D eigenvalue weighted by Gasteiger charge is 2.28. The van der Waals surface area contributed by atoms with Crippen LogP contribution in [-0.2, 0) is 11.3 Å². The summed E-state index contributed by atoms with van der Waals surface area (Å²) >= 11 is 0. The number of aromatic nitrogens is 1.